The van der Waals surface area contributed by atoms with Crippen LogP contribution in [0.1, 0.15) is 0 Å². The second-order valence-electron chi connectivity index (χ2n) is 3.98. The summed E-state index contributed by atoms with van der Waals surface area (Å²) in [4.78, 5) is 24.6. The van der Waals surface area contributed by atoms with Crippen LogP contribution >= 0.6 is 11.8 Å². The van der Waals surface area contributed by atoms with E-state index in [0.29, 0.717) is 0 Å². The first-order chi connectivity index (χ1) is 8.69. The highest BCUT2D eigenvalue weighted by Crippen LogP contribution is 2.48. The molecule has 0 aromatic heterocycles. The lowest BCUT2D eigenvalue weighted by molar-refractivity contribution is -0.151. The molecule has 0 aromatic rings. The number of hydrogen-bond donors (Lipinski definition) is 0. The molecule has 0 spiro atoms. The van der Waals surface area contributed by atoms with Gasteiger partial charge in [-0.1, -0.05) is 30.4 Å². The van der Waals surface area contributed by atoms with Gasteiger partial charge in [0.1, 0.15) is 5.25 Å². The summed E-state index contributed by atoms with van der Waals surface area (Å²) in [5.41, 5.74) is 0. The van der Waals surface area contributed by atoms with Crippen molar-refractivity contribution in [1.29, 1.82) is 0 Å². The molecule has 0 unspecified atom stereocenters. The van der Waals surface area contributed by atoms with Crippen molar-refractivity contribution >= 4 is 23.7 Å². The second kappa shape index (κ2) is 5.44. The van der Waals surface area contributed by atoms with Crippen molar-refractivity contribution in [3.8, 4) is 0 Å². The van der Waals surface area contributed by atoms with Crippen LogP contribution in [0.15, 0.2) is 35.3 Å². The molecular formula is C13H14O4S. The summed E-state index contributed by atoms with van der Waals surface area (Å²) in [5.74, 6) is -1.39. The number of esters is 2. The molecule has 0 bridgehead atoms. The Balaban J connectivity index is 2.35. The van der Waals surface area contributed by atoms with E-state index in [4.69, 9.17) is 9.47 Å². The Morgan fingerprint density at radius 1 is 1.11 bits per heavy atom. The van der Waals surface area contributed by atoms with Gasteiger partial charge in [-0.15, -0.1) is 11.8 Å². The lowest BCUT2D eigenvalue weighted by atomic mass is 9.89. The number of fused-ring (bicyclic) bond motifs is 1. The molecule has 0 aromatic carbocycles. The monoisotopic (exact) mass is 266 g/mol. The number of rotatable bonds is 2. The number of carbonyl (C=O) groups excluding carboxylic acids is 2. The largest absolute Gasteiger partial charge is 0.469 e. The topological polar surface area (TPSA) is 52.6 Å². The van der Waals surface area contributed by atoms with Gasteiger partial charge < -0.3 is 9.47 Å². The fraction of sp³-hybridized carbons (Fsp3) is 0.385. The minimum atomic E-state index is -0.533. The van der Waals surface area contributed by atoms with Crippen molar-refractivity contribution in [2.45, 2.75) is 5.25 Å². The van der Waals surface area contributed by atoms with Gasteiger partial charge in [0.05, 0.1) is 20.1 Å². The maximum atomic E-state index is 11.9. The van der Waals surface area contributed by atoms with Crippen LogP contribution in [-0.2, 0) is 19.1 Å². The predicted octanol–water partition coefficient (Wildman–Crippen LogP) is 1.69. The van der Waals surface area contributed by atoms with Gasteiger partial charge in [0.2, 0.25) is 0 Å². The summed E-state index contributed by atoms with van der Waals surface area (Å²) in [6, 6.07) is 0. The summed E-state index contributed by atoms with van der Waals surface area (Å²) in [5, 5.41) is -0.533. The maximum Gasteiger partial charge on any atom is 0.320 e. The average Bonchev–Trinajstić information content (AvgIpc) is 2.60. The molecule has 1 aliphatic carbocycles. The van der Waals surface area contributed by atoms with Crippen LogP contribution in [0.4, 0.5) is 0 Å². The second-order valence-corrected chi connectivity index (χ2v) is 5.19. The number of thioether (sulfide) groups is 1. The Labute approximate surface area is 110 Å². The number of carbonyl (C=O) groups is 2. The molecule has 1 aliphatic heterocycles. The lowest BCUT2D eigenvalue weighted by Gasteiger charge is -2.17. The smallest absolute Gasteiger partial charge is 0.320 e. The van der Waals surface area contributed by atoms with Crippen molar-refractivity contribution in [2.24, 2.45) is 11.8 Å². The van der Waals surface area contributed by atoms with Gasteiger partial charge in [-0.25, -0.2) is 0 Å². The van der Waals surface area contributed by atoms with E-state index in [1.165, 1.54) is 26.0 Å². The van der Waals surface area contributed by atoms with Crippen molar-refractivity contribution < 1.29 is 19.1 Å². The van der Waals surface area contributed by atoms with Crippen LogP contribution in [0.25, 0.3) is 0 Å². The molecule has 1 fully saturated rings. The molecule has 0 amide bonds. The Kier molecular flexibility index (Phi) is 3.91. The number of ether oxygens (including phenoxy) is 2. The van der Waals surface area contributed by atoms with Crippen LogP contribution in [0, 0.1) is 11.8 Å². The van der Waals surface area contributed by atoms with E-state index in [0.717, 1.165) is 4.91 Å². The van der Waals surface area contributed by atoms with Crippen molar-refractivity contribution in [3.05, 3.63) is 35.3 Å². The maximum absolute atomic E-state index is 11.9. The first-order valence-corrected chi connectivity index (χ1v) is 6.44. The average molecular weight is 266 g/mol. The summed E-state index contributed by atoms with van der Waals surface area (Å²) < 4.78 is 9.57. The van der Waals surface area contributed by atoms with Crippen LogP contribution in [0.3, 0.4) is 0 Å². The van der Waals surface area contributed by atoms with Gasteiger partial charge in [-0.3, -0.25) is 9.59 Å². The van der Waals surface area contributed by atoms with Gasteiger partial charge in [0.15, 0.2) is 0 Å². The number of hydrogen-bond acceptors (Lipinski definition) is 5. The normalized spacial score (nSPS) is 29.2. The molecule has 4 nitrogen and oxygen atoms in total. The van der Waals surface area contributed by atoms with E-state index < -0.39 is 11.2 Å². The lowest BCUT2D eigenvalue weighted by Crippen LogP contribution is -2.33. The van der Waals surface area contributed by atoms with Crippen LogP contribution in [0.5, 0.6) is 0 Å². The van der Waals surface area contributed by atoms with Crippen molar-refractivity contribution in [3.63, 3.8) is 0 Å². The Morgan fingerprint density at radius 3 is 2.50 bits per heavy atom. The third-order valence-corrected chi connectivity index (χ3v) is 4.43. The third-order valence-electron chi connectivity index (χ3n) is 3.01. The zero-order chi connectivity index (χ0) is 13.1. The molecule has 0 radical (unpaired) electrons. The van der Waals surface area contributed by atoms with Gasteiger partial charge in [-0.05, 0) is 4.91 Å². The highest BCUT2D eigenvalue weighted by atomic mass is 32.2. The number of allylic oxidation sites excluding steroid dienone is 6. The summed E-state index contributed by atoms with van der Waals surface area (Å²) in [6.45, 7) is 0. The quantitative estimate of drug-likeness (QED) is 0.712. The molecule has 2 aliphatic rings. The highest BCUT2D eigenvalue weighted by molar-refractivity contribution is 8.04. The van der Waals surface area contributed by atoms with E-state index in [1.54, 1.807) is 0 Å². The first kappa shape index (κ1) is 13.0. The Morgan fingerprint density at radius 2 is 1.83 bits per heavy atom. The van der Waals surface area contributed by atoms with E-state index in [-0.39, 0.29) is 17.9 Å². The van der Waals surface area contributed by atoms with E-state index in [2.05, 4.69) is 0 Å². The molecule has 0 N–H and O–H groups in total. The zero-order valence-electron chi connectivity index (χ0n) is 10.2. The fourth-order valence-electron chi connectivity index (χ4n) is 2.14. The van der Waals surface area contributed by atoms with Crippen LogP contribution in [-0.4, -0.2) is 31.4 Å². The molecule has 18 heavy (non-hydrogen) atoms. The van der Waals surface area contributed by atoms with Crippen LogP contribution in [0.2, 0.25) is 0 Å². The van der Waals surface area contributed by atoms with Gasteiger partial charge in [0, 0.05) is 5.92 Å². The predicted molar refractivity (Wildman–Crippen MR) is 68.8 cm³/mol. The van der Waals surface area contributed by atoms with Gasteiger partial charge in [0.25, 0.3) is 0 Å². The van der Waals surface area contributed by atoms with Crippen molar-refractivity contribution in [1.82, 2.24) is 0 Å². The Bertz CT molecular complexity index is 450. The minimum absolute atomic E-state index is 0.110. The van der Waals surface area contributed by atoms with Crippen LogP contribution < -0.4 is 0 Å². The zero-order valence-corrected chi connectivity index (χ0v) is 11.0. The fourth-order valence-corrected chi connectivity index (χ4v) is 3.60. The van der Waals surface area contributed by atoms with Crippen molar-refractivity contribution in [2.75, 3.05) is 14.2 Å². The van der Waals surface area contributed by atoms with Gasteiger partial charge in [-0.2, -0.15) is 0 Å². The Hall–Kier alpha value is -1.49. The van der Waals surface area contributed by atoms with E-state index in [9.17, 15) is 9.59 Å². The molecule has 2 rings (SSSR count). The molecule has 1 saturated heterocycles. The van der Waals surface area contributed by atoms with E-state index in [1.807, 2.05) is 30.4 Å². The molecule has 5 heteroatoms. The number of methoxy groups -OCH3 is 2. The summed E-state index contributed by atoms with van der Waals surface area (Å²) >= 11 is 1.38. The highest BCUT2D eigenvalue weighted by Gasteiger charge is 2.48. The molecule has 3 atom stereocenters. The minimum Gasteiger partial charge on any atom is -0.469 e. The third kappa shape index (κ3) is 2.22. The van der Waals surface area contributed by atoms with Gasteiger partial charge >= 0.3 is 11.9 Å². The molecule has 96 valence electrons. The summed E-state index contributed by atoms with van der Waals surface area (Å²) in [6.07, 6.45) is 9.52. The standard InChI is InChI=1S/C13H14O4S/c1-16-12(14)10-8-6-4-3-5-7-9(8)18-11(10)13(15)17-2/h3-8,10-11H,1-2H3/t8-,10-,11-/m0/s1. The van der Waals surface area contributed by atoms with E-state index >= 15 is 0 Å². The molecule has 1 heterocycles. The molecular weight excluding hydrogens is 252 g/mol. The first-order valence-electron chi connectivity index (χ1n) is 5.56. The molecule has 0 saturated carbocycles. The SMILES string of the molecule is COC(=O)[C@@H]1[C@@H](C(=O)OC)SC2=CC=CC=C[C@@H]21. The summed E-state index contributed by atoms with van der Waals surface area (Å²) in [7, 11) is 2.66.